The summed E-state index contributed by atoms with van der Waals surface area (Å²) in [6.07, 6.45) is 0. The van der Waals surface area contributed by atoms with E-state index < -0.39 is 26.6 Å². The summed E-state index contributed by atoms with van der Waals surface area (Å²) in [5.41, 5.74) is 0.260. The molecule has 0 aromatic heterocycles. The smallest absolute Gasteiger partial charge is 0.262 e. The van der Waals surface area contributed by atoms with Crippen LogP contribution >= 0.6 is 0 Å². The van der Waals surface area contributed by atoms with Crippen LogP contribution in [0, 0.1) is 11.6 Å². The molecule has 2 aromatic rings. The van der Waals surface area contributed by atoms with Crippen molar-refractivity contribution in [2.75, 3.05) is 11.8 Å². The summed E-state index contributed by atoms with van der Waals surface area (Å²) in [6, 6.07) is 8.17. The number of ether oxygens (including phenoxy) is 1. The van der Waals surface area contributed by atoms with Gasteiger partial charge in [-0.15, -0.1) is 0 Å². The van der Waals surface area contributed by atoms with Crippen molar-refractivity contribution < 1.29 is 21.9 Å². The van der Waals surface area contributed by atoms with E-state index in [1.807, 2.05) is 0 Å². The first-order valence-electron chi connectivity index (χ1n) is 5.54. The monoisotopic (exact) mass is 299 g/mol. The Kier molecular flexibility index (Phi) is 3.89. The van der Waals surface area contributed by atoms with Gasteiger partial charge in [0, 0.05) is 11.8 Å². The lowest BCUT2D eigenvalue weighted by Crippen LogP contribution is -2.13. The van der Waals surface area contributed by atoms with Gasteiger partial charge >= 0.3 is 0 Å². The zero-order valence-corrected chi connectivity index (χ0v) is 11.2. The fraction of sp³-hybridized carbons (Fsp3) is 0.0769. The maximum absolute atomic E-state index is 13.0. The number of methoxy groups -OCH3 is 1. The van der Waals surface area contributed by atoms with Gasteiger partial charge in [0.2, 0.25) is 0 Å². The molecule has 0 bridgehead atoms. The molecule has 106 valence electrons. The maximum atomic E-state index is 13.0. The highest BCUT2D eigenvalue weighted by atomic mass is 32.2. The van der Waals surface area contributed by atoms with Crippen LogP contribution in [0.25, 0.3) is 0 Å². The summed E-state index contributed by atoms with van der Waals surface area (Å²) in [5, 5.41) is 0. The fourth-order valence-electron chi connectivity index (χ4n) is 1.56. The van der Waals surface area contributed by atoms with Crippen molar-refractivity contribution in [2.45, 2.75) is 4.90 Å². The molecule has 4 nitrogen and oxygen atoms in total. The van der Waals surface area contributed by atoms with Gasteiger partial charge in [0.25, 0.3) is 10.0 Å². The zero-order valence-electron chi connectivity index (χ0n) is 10.4. The average molecular weight is 299 g/mol. The summed E-state index contributed by atoms with van der Waals surface area (Å²) in [5.74, 6) is -1.36. The van der Waals surface area contributed by atoms with Crippen LogP contribution in [0.2, 0.25) is 0 Å². The van der Waals surface area contributed by atoms with Crippen molar-refractivity contribution in [3.63, 3.8) is 0 Å². The normalized spacial score (nSPS) is 11.2. The molecule has 0 saturated carbocycles. The fourth-order valence-corrected chi connectivity index (χ4v) is 2.66. The summed E-state index contributed by atoms with van der Waals surface area (Å²) < 4.78 is 57.2. The van der Waals surface area contributed by atoms with Crippen molar-refractivity contribution in [1.82, 2.24) is 0 Å². The maximum Gasteiger partial charge on any atom is 0.262 e. The van der Waals surface area contributed by atoms with Crippen LogP contribution in [0.5, 0.6) is 5.75 Å². The molecular weight excluding hydrogens is 288 g/mol. The first-order chi connectivity index (χ1) is 9.40. The van der Waals surface area contributed by atoms with Crippen LogP contribution in [-0.2, 0) is 10.0 Å². The van der Waals surface area contributed by atoms with E-state index in [2.05, 4.69) is 4.72 Å². The van der Waals surface area contributed by atoms with Crippen LogP contribution < -0.4 is 9.46 Å². The average Bonchev–Trinajstić information content (AvgIpc) is 2.38. The second-order valence-electron chi connectivity index (χ2n) is 3.94. The van der Waals surface area contributed by atoms with E-state index in [0.717, 1.165) is 12.1 Å². The molecule has 0 radical (unpaired) electrons. The molecule has 0 spiro atoms. The Balaban J connectivity index is 2.30. The lowest BCUT2D eigenvalue weighted by molar-refractivity contribution is 0.415. The van der Waals surface area contributed by atoms with Gasteiger partial charge < -0.3 is 4.74 Å². The molecule has 0 saturated heterocycles. The topological polar surface area (TPSA) is 55.4 Å². The third-order valence-electron chi connectivity index (χ3n) is 2.49. The number of halogens is 2. The number of nitrogens with one attached hydrogen (secondary N) is 1. The lowest BCUT2D eigenvalue weighted by Gasteiger charge is -2.09. The molecule has 20 heavy (non-hydrogen) atoms. The number of hydrogen-bond donors (Lipinski definition) is 1. The van der Waals surface area contributed by atoms with E-state index in [1.54, 1.807) is 12.1 Å². The Morgan fingerprint density at radius 1 is 1.00 bits per heavy atom. The minimum atomic E-state index is -4.05. The first-order valence-corrected chi connectivity index (χ1v) is 7.02. The molecule has 1 N–H and O–H groups in total. The summed E-state index contributed by atoms with van der Waals surface area (Å²) in [6.45, 7) is 0. The van der Waals surface area contributed by atoms with E-state index >= 15 is 0 Å². The number of sulfonamides is 1. The molecule has 0 heterocycles. The Bertz CT molecular complexity index is 695. The number of benzene rings is 2. The number of rotatable bonds is 4. The standard InChI is InChI=1S/C13H11F2NO3S/c1-19-12-4-2-11(3-5-12)16-20(17,18)13-7-9(14)6-10(15)8-13/h2-8,16H,1H3. The summed E-state index contributed by atoms with van der Waals surface area (Å²) >= 11 is 0. The van der Waals surface area contributed by atoms with Gasteiger partial charge in [-0.3, -0.25) is 4.72 Å². The minimum absolute atomic E-state index is 0.260. The molecule has 0 aliphatic rings. The van der Waals surface area contributed by atoms with Gasteiger partial charge in [-0.05, 0) is 36.4 Å². The van der Waals surface area contributed by atoms with Crippen molar-refractivity contribution >= 4 is 15.7 Å². The van der Waals surface area contributed by atoms with Crippen molar-refractivity contribution in [2.24, 2.45) is 0 Å². The highest BCUT2D eigenvalue weighted by Crippen LogP contribution is 2.20. The Labute approximate surface area is 115 Å². The molecule has 0 fully saturated rings. The molecule has 2 rings (SSSR count). The van der Waals surface area contributed by atoms with Gasteiger partial charge in [-0.2, -0.15) is 0 Å². The number of hydrogen-bond acceptors (Lipinski definition) is 3. The highest BCUT2D eigenvalue weighted by molar-refractivity contribution is 7.92. The van der Waals surface area contributed by atoms with Crippen molar-refractivity contribution in [3.05, 3.63) is 54.1 Å². The molecule has 7 heteroatoms. The van der Waals surface area contributed by atoms with Crippen LogP contribution in [0.3, 0.4) is 0 Å². The van der Waals surface area contributed by atoms with E-state index in [9.17, 15) is 17.2 Å². The van der Waals surface area contributed by atoms with E-state index in [0.29, 0.717) is 11.8 Å². The third-order valence-corrected chi connectivity index (χ3v) is 3.85. The molecule has 0 atom stereocenters. The van der Waals surface area contributed by atoms with Gasteiger partial charge in [0.05, 0.1) is 12.0 Å². The van der Waals surface area contributed by atoms with Gasteiger partial charge in [0.1, 0.15) is 17.4 Å². The molecular formula is C13H11F2NO3S. The van der Waals surface area contributed by atoms with Crippen molar-refractivity contribution in [1.29, 1.82) is 0 Å². The second kappa shape index (κ2) is 5.46. The largest absolute Gasteiger partial charge is 0.497 e. The second-order valence-corrected chi connectivity index (χ2v) is 5.62. The van der Waals surface area contributed by atoms with Crippen LogP contribution in [-0.4, -0.2) is 15.5 Å². The predicted octanol–water partition coefficient (Wildman–Crippen LogP) is 2.77. The number of anilines is 1. The third kappa shape index (κ3) is 3.24. The van der Waals surface area contributed by atoms with E-state index in [4.69, 9.17) is 4.74 Å². The molecule has 0 amide bonds. The van der Waals surface area contributed by atoms with Crippen LogP contribution in [0.15, 0.2) is 47.4 Å². The zero-order chi connectivity index (χ0) is 14.8. The summed E-state index contributed by atoms with van der Waals surface area (Å²) in [7, 11) is -2.57. The highest BCUT2D eigenvalue weighted by Gasteiger charge is 2.16. The van der Waals surface area contributed by atoms with E-state index in [-0.39, 0.29) is 5.69 Å². The summed E-state index contributed by atoms with van der Waals surface area (Å²) in [4.78, 5) is -0.481. The molecule has 0 aliphatic heterocycles. The minimum Gasteiger partial charge on any atom is -0.497 e. The quantitative estimate of drug-likeness (QED) is 0.944. The molecule has 0 unspecified atom stereocenters. The van der Waals surface area contributed by atoms with Gasteiger partial charge in [-0.25, -0.2) is 17.2 Å². The van der Waals surface area contributed by atoms with Gasteiger partial charge in [-0.1, -0.05) is 0 Å². The first kappa shape index (κ1) is 14.3. The van der Waals surface area contributed by atoms with Gasteiger partial charge in [0.15, 0.2) is 0 Å². The Morgan fingerprint density at radius 3 is 2.05 bits per heavy atom. The lowest BCUT2D eigenvalue weighted by atomic mass is 10.3. The van der Waals surface area contributed by atoms with Crippen LogP contribution in [0.4, 0.5) is 14.5 Å². The molecule has 2 aromatic carbocycles. The van der Waals surface area contributed by atoms with E-state index in [1.165, 1.54) is 19.2 Å². The van der Waals surface area contributed by atoms with Crippen molar-refractivity contribution in [3.8, 4) is 5.75 Å². The SMILES string of the molecule is COc1ccc(NS(=O)(=O)c2cc(F)cc(F)c2)cc1. The molecule has 0 aliphatic carbocycles. The Morgan fingerprint density at radius 2 is 1.55 bits per heavy atom. The van der Waals surface area contributed by atoms with Crippen LogP contribution in [0.1, 0.15) is 0 Å². The Hall–Kier alpha value is -2.15. The predicted molar refractivity (Wildman–Crippen MR) is 70.2 cm³/mol.